The quantitative estimate of drug-likeness (QED) is 0.298. The molecule has 3 aromatic carbocycles. The molecule has 1 aliphatic heterocycles. The number of pyridine rings is 1. The van der Waals surface area contributed by atoms with E-state index in [1.165, 1.54) is 24.6 Å². The van der Waals surface area contributed by atoms with Crippen molar-refractivity contribution >= 4 is 28.3 Å². The number of nitrogens with one attached hydrogen (secondary N) is 3. The topological polar surface area (TPSA) is 87.7 Å². The van der Waals surface area contributed by atoms with Crippen molar-refractivity contribution in [3.05, 3.63) is 101 Å². The smallest absolute Gasteiger partial charge is 0.221 e. The summed E-state index contributed by atoms with van der Waals surface area (Å²) >= 11 is 0. The fourth-order valence-corrected chi connectivity index (χ4v) is 5.26. The predicted octanol–water partition coefficient (Wildman–Crippen LogP) is 5.40. The number of fused-ring (bicyclic) bond motifs is 2. The van der Waals surface area contributed by atoms with Crippen molar-refractivity contribution in [1.29, 1.82) is 5.41 Å². The summed E-state index contributed by atoms with van der Waals surface area (Å²) in [5, 5.41) is 15.4. The van der Waals surface area contributed by atoms with E-state index < -0.39 is 0 Å². The number of carbonyl (C=O) groups excluding carboxylic acids is 1. The van der Waals surface area contributed by atoms with Crippen LogP contribution < -0.4 is 16.3 Å². The Morgan fingerprint density at radius 2 is 1.97 bits per heavy atom. The molecule has 1 amide bonds. The first-order valence-corrected chi connectivity index (χ1v) is 12.5. The van der Waals surface area contributed by atoms with Crippen molar-refractivity contribution in [3.63, 3.8) is 0 Å². The summed E-state index contributed by atoms with van der Waals surface area (Å²) in [6, 6.07) is 20.3. The van der Waals surface area contributed by atoms with Gasteiger partial charge in [-0.05, 0) is 66.9 Å². The maximum absolute atomic E-state index is 14.4. The number of anilines is 2. The van der Waals surface area contributed by atoms with E-state index in [9.17, 15) is 9.18 Å². The van der Waals surface area contributed by atoms with Crippen molar-refractivity contribution in [1.82, 2.24) is 14.1 Å². The second kappa shape index (κ2) is 9.30. The SMILES string of the molecule is CC(=O)Nc1ccc(C)cc1-c1ccc(-n2c(=N)n(Cc3cccc4c3CCN4)c3ccc(F)cc32)cn1. The Bertz CT molecular complexity index is 1770. The molecule has 2 aromatic heterocycles. The Labute approximate surface area is 219 Å². The Morgan fingerprint density at radius 3 is 2.76 bits per heavy atom. The number of benzene rings is 3. The molecule has 0 saturated carbocycles. The van der Waals surface area contributed by atoms with Gasteiger partial charge >= 0.3 is 0 Å². The first-order chi connectivity index (χ1) is 18.4. The number of carbonyl (C=O) groups is 1. The van der Waals surface area contributed by atoms with Crippen LogP contribution in [0, 0.1) is 18.2 Å². The van der Waals surface area contributed by atoms with Crippen LogP contribution in [0.5, 0.6) is 0 Å². The van der Waals surface area contributed by atoms with E-state index in [0.29, 0.717) is 29.1 Å². The van der Waals surface area contributed by atoms with E-state index in [0.717, 1.165) is 40.9 Å². The third kappa shape index (κ3) is 4.14. The van der Waals surface area contributed by atoms with Crippen LogP contribution in [0.1, 0.15) is 23.6 Å². The van der Waals surface area contributed by atoms with Gasteiger partial charge in [0.25, 0.3) is 0 Å². The summed E-state index contributed by atoms with van der Waals surface area (Å²) in [7, 11) is 0. The molecule has 0 saturated heterocycles. The highest BCUT2D eigenvalue weighted by atomic mass is 19.1. The minimum Gasteiger partial charge on any atom is -0.384 e. The summed E-state index contributed by atoms with van der Waals surface area (Å²) in [5.74, 6) is -0.520. The van der Waals surface area contributed by atoms with E-state index in [1.807, 2.05) is 47.9 Å². The van der Waals surface area contributed by atoms with Crippen LogP contribution in [0.4, 0.5) is 15.8 Å². The second-order valence-corrected chi connectivity index (χ2v) is 9.63. The van der Waals surface area contributed by atoms with Gasteiger partial charge in [0.1, 0.15) is 5.82 Å². The van der Waals surface area contributed by atoms with Crippen molar-refractivity contribution in [2.75, 3.05) is 17.2 Å². The number of nitrogens with zero attached hydrogens (tertiary/aromatic N) is 3. The molecule has 38 heavy (non-hydrogen) atoms. The average molecular weight is 507 g/mol. The number of amides is 1. The lowest BCUT2D eigenvalue weighted by molar-refractivity contribution is -0.114. The minimum absolute atomic E-state index is 0.157. The van der Waals surface area contributed by atoms with Crippen LogP contribution in [-0.4, -0.2) is 26.6 Å². The summed E-state index contributed by atoms with van der Waals surface area (Å²) in [6.45, 7) is 4.87. The number of hydrogen-bond acceptors (Lipinski definition) is 4. The van der Waals surface area contributed by atoms with Crippen LogP contribution in [0.2, 0.25) is 0 Å². The van der Waals surface area contributed by atoms with E-state index in [4.69, 9.17) is 5.41 Å². The summed E-state index contributed by atoms with van der Waals surface area (Å²) in [4.78, 5) is 16.4. The molecule has 7 nitrogen and oxygen atoms in total. The minimum atomic E-state index is -0.363. The van der Waals surface area contributed by atoms with E-state index in [1.54, 1.807) is 16.8 Å². The van der Waals surface area contributed by atoms with Crippen LogP contribution >= 0.6 is 0 Å². The molecule has 1 aliphatic rings. The fourth-order valence-electron chi connectivity index (χ4n) is 5.26. The van der Waals surface area contributed by atoms with Gasteiger partial charge in [0, 0.05) is 30.8 Å². The lowest BCUT2D eigenvalue weighted by atomic mass is 10.0. The number of hydrogen-bond donors (Lipinski definition) is 3. The molecule has 0 fully saturated rings. The second-order valence-electron chi connectivity index (χ2n) is 9.63. The zero-order valence-electron chi connectivity index (χ0n) is 21.2. The molecule has 0 atom stereocenters. The zero-order chi connectivity index (χ0) is 26.4. The third-order valence-corrected chi connectivity index (χ3v) is 7.00. The molecule has 0 aliphatic carbocycles. The van der Waals surface area contributed by atoms with Gasteiger partial charge in [-0.1, -0.05) is 23.8 Å². The van der Waals surface area contributed by atoms with Gasteiger partial charge in [0.2, 0.25) is 11.5 Å². The van der Waals surface area contributed by atoms with Gasteiger partial charge in [0.15, 0.2) is 0 Å². The Morgan fingerprint density at radius 1 is 1.11 bits per heavy atom. The molecule has 5 aromatic rings. The largest absolute Gasteiger partial charge is 0.384 e. The van der Waals surface area contributed by atoms with Crippen LogP contribution in [0.3, 0.4) is 0 Å². The van der Waals surface area contributed by atoms with E-state index in [2.05, 4.69) is 27.8 Å². The molecule has 3 heterocycles. The molecule has 0 radical (unpaired) electrons. The zero-order valence-corrected chi connectivity index (χ0v) is 21.2. The number of halogens is 1. The number of imidazole rings is 1. The Hall–Kier alpha value is -4.72. The first-order valence-electron chi connectivity index (χ1n) is 12.5. The van der Waals surface area contributed by atoms with Crippen molar-refractivity contribution < 1.29 is 9.18 Å². The molecular formula is C30H27FN6O. The first kappa shape index (κ1) is 23.7. The molecule has 6 rings (SSSR count). The summed E-state index contributed by atoms with van der Waals surface area (Å²) in [6.07, 6.45) is 2.63. The van der Waals surface area contributed by atoms with Gasteiger partial charge in [-0.3, -0.25) is 19.8 Å². The van der Waals surface area contributed by atoms with E-state index >= 15 is 0 Å². The number of aryl methyl sites for hydroxylation is 1. The lowest BCUT2D eigenvalue weighted by Crippen LogP contribution is -2.24. The molecule has 0 unspecified atom stereocenters. The fraction of sp³-hybridized carbons (Fsp3) is 0.167. The monoisotopic (exact) mass is 506 g/mol. The van der Waals surface area contributed by atoms with Gasteiger partial charge in [-0.2, -0.15) is 0 Å². The van der Waals surface area contributed by atoms with Crippen LogP contribution in [-0.2, 0) is 17.8 Å². The normalized spacial score (nSPS) is 12.4. The molecule has 0 bridgehead atoms. The molecular weight excluding hydrogens is 479 g/mol. The lowest BCUT2D eigenvalue weighted by Gasteiger charge is -2.12. The van der Waals surface area contributed by atoms with Gasteiger partial charge in [-0.15, -0.1) is 0 Å². The Kier molecular flexibility index (Phi) is 5.79. The third-order valence-electron chi connectivity index (χ3n) is 7.00. The number of aromatic nitrogens is 3. The predicted molar refractivity (Wildman–Crippen MR) is 147 cm³/mol. The molecule has 8 heteroatoms. The summed E-state index contributed by atoms with van der Waals surface area (Å²) < 4.78 is 18.0. The van der Waals surface area contributed by atoms with Crippen molar-refractivity contribution in [2.24, 2.45) is 0 Å². The number of rotatable bonds is 5. The maximum atomic E-state index is 14.4. The highest BCUT2D eigenvalue weighted by molar-refractivity contribution is 5.93. The highest BCUT2D eigenvalue weighted by Gasteiger charge is 2.18. The van der Waals surface area contributed by atoms with Gasteiger partial charge in [0.05, 0.1) is 40.8 Å². The summed E-state index contributed by atoms with van der Waals surface area (Å²) in [5.41, 5.74) is 9.04. The Balaban J connectivity index is 1.45. The van der Waals surface area contributed by atoms with Crippen molar-refractivity contribution in [2.45, 2.75) is 26.8 Å². The van der Waals surface area contributed by atoms with Gasteiger partial charge in [-0.25, -0.2) is 4.39 Å². The van der Waals surface area contributed by atoms with E-state index in [-0.39, 0.29) is 17.3 Å². The molecule has 190 valence electrons. The standard InChI is InChI=1S/C30H27FN6O/c1-18-6-9-27(35-19(2)38)24(14-18)26-10-8-22(16-34-26)37-29-15-21(31)7-11-28(29)36(30(37)32)17-20-4-3-5-25-23(20)12-13-33-25/h3-11,14-16,32-33H,12-13,17H2,1-2H3,(H,35,38). The molecule has 3 N–H and O–H groups in total. The highest BCUT2D eigenvalue weighted by Crippen LogP contribution is 2.30. The van der Waals surface area contributed by atoms with Gasteiger partial charge < -0.3 is 15.2 Å². The van der Waals surface area contributed by atoms with Crippen LogP contribution in [0.25, 0.3) is 28.0 Å². The maximum Gasteiger partial charge on any atom is 0.221 e. The molecule has 0 spiro atoms. The van der Waals surface area contributed by atoms with Crippen LogP contribution in [0.15, 0.2) is 72.9 Å². The average Bonchev–Trinajstić information content (AvgIpc) is 3.48. The van der Waals surface area contributed by atoms with Crippen molar-refractivity contribution in [3.8, 4) is 16.9 Å².